The largest absolute Gasteiger partial charge is 0.361 e. The minimum absolute atomic E-state index is 0.0807. The molecule has 0 bridgehead atoms. The number of pyridine rings is 1. The van der Waals surface area contributed by atoms with E-state index in [-0.39, 0.29) is 12.5 Å². The number of rotatable bonds is 5. The molecule has 0 atom stereocenters. The minimum Gasteiger partial charge on any atom is -0.361 e. The minimum atomic E-state index is -0.0807. The molecule has 0 aromatic carbocycles. The molecule has 1 aromatic rings. The Labute approximate surface area is 101 Å². The second-order valence-electron chi connectivity index (χ2n) is 4.09. The number of aromatic nitrogens is 1. The molecule has 0 saturated heterocycles. The molecule has 5 nitrogen and oxygen atoms in total. The standard InChI is InChI=1S/C12H16N4O/c1-9(2)7-16-12(17)8-15-11-5-10(6-13)3-4-14-11/h3-5,9H,7-8H2,1-2H3,(H,14,15)(H,16,17). The fraction of sp³-hybridized carbons (Fsp3) is 0.417. The van der Waals surface area contributed by atoms with E-state index in [1.54, 1.807) is 12.1 Å². The third-order valence-corrected chi connectivity index (χ3v) is 2.03. The Balaban J connectivity index is 2.40. The lowest BCUT2D eigenvalue weighted by atomic mass is 10.2. The van der Waals surface area contributed by atoms with Gasteiger partial charge in [-0.3, -0.25) is 4.79 Å². The molecular weight excluding hydrogens is 216 g/mol. The summed E-state index contributed by atoms with van der Waals surface area (Å²) in [5.41, 5.74) is 0.519. The van der Waals surface area contributed by atoms with Crippen LogP contribution >= 0.6 is 0 Å². The zero-order valence-electron chi connectivity index (χ0n) is 10.0. The van der Waals surface area contributed by atoms with Crippen LogP contribution in [-0.4, -0.2) is 24.0 Å². The van der Waals surface area contributed by atoms with Gasteiger partial charge in [0.25, 0.3) is 0 Å². The maximum Gasteiger partial charge on any atom is 0.239 e. The predicted molar refractivity (Wildman–Crippen MR) is 65.3 cm³/mol. The molecule has 1 heterocycles. The van der Waals surface area contributed by atoms with Gasteiger partial charge in [0.2, 0.25) is 5.91 Å². The molecule has 1 amide bonds. The second-order valence-corrected chi connectivity index (χ2v) is 4.09. The van der Waals surface area contributed by atoms with Crippen LogP contribution in [0.3, 0.4) is 0 Å². The molecule has 0 unspecified atom stereocenters. The van der Waals surface area contributed by atoms with Gasteiger partial charge in [0.1, 0.15) is 5.82 Å². The highest BCUT2D eigenvalue weighted by Crippen LogP contribution is 2.04. The number of nitrogens with zero attached hydrogens (tertiary/aromatic N) is 2. The van der Waals surface area contributed by atoms with Crippen molar-refractivity contribution in [3.05, 3.63) is 23.9 Å². The molecule has 0 aliphatic heterocycles. The van der Waals surface area contributed by atoms with Crippen LogP contribution in [0.2, 0.25) is 0 Å². The van der Waals surface area contributed by atoms with Crippen molar-refractivity contribution in [1.82, 2.24) is 10.3 Å². The summed E-state index contributed by atoms with van der Waals surface area (Å²) < 4.78 is 0. The van der Waals surface area contributed by atoms with Crippen molar-refractivity contribution in [3.8, 4) is 6.07 Å². The molecule has 1 aromatic heterocycles. The zero-order chi connectivity index (χ0) is 12.7. The molecule has 0 aliphatic carbocycles. The van der Waals surface area contributed by atoms with Gasteiger partial charge in [0.05, 0.1) is 18.2 Å². The first-order valence-corrected chi connectivity index (χ1v) is 5.48. The van der Waals surface area contributed by atoms with Gasteiger partial charge in [-0.25, -0.2) is 4.98 Å². The van der Waals surface area contributed by atoms with Gasteiger partial charge < -0.3 is 10.6 Å². The second kappa shape index (κ2) is 6.48. The van der Waals surface area contributed by atoms with Crippen molar-refractivity contribution in [2.24, 2.45) is 5.92 Å². The number of hydrogen-bond acceptors (Lipinski definition) is 4. The van der Waals surface area contributed by atoms with Crippen LogP contribution in [0.15, 0.2) is 18.3 Å². The lowest BCUT2D eigenvalue weighted by molar-refractivity contribution is -0.119. The summed E-state index contributed by atoms with van der Waals surface area (Å²) in [6.45, 7) is 4.89. The molecule has 90 valence electrons. The summed E-state index contributed by atoms with van der Waals surface area (Å²) in [6.07, 6.45) is 1.53. The molecular formula is C12H16N4O. The molecule has 2 N–H and O–H groups in total. The quantitative estimate of drug-likeness (QED) is 0.798. The Morgan fingerprint density at radius 2 is 2.35 bits per heavy atom. The predicted octanol–water partition coefficient (Wildman–Crippen LogP) is 1.14. The molecule has 0 radical (unpaired) electrons. The lowest BCUT2D eigenvalue weighted by Crippen LogP contribution is -2.32. The summed E-state index contributed by atoms with van der Waals surface area (Å²) in [6, 6.07) is 5.24. The smallest absolute Gasteiger partial charge is 0.239 e. The van der Waals surface area contributed by atoms with Crippen molar-refractivity contribution in [1.29, 1.82) is 5.26 Å². The van der Waals surface area contributed by atoms with Crippen LogP contribution in [-0.2, 0) is 4.79 Å². The van der Waals surface area contributed by atoms with E-state index < -0.39 is 0 Å². The first-order valence-electron chi connectivity index (χ1n) is 5.48. The average molecular weight is 232 g/mol. The molecule has 0 spiro atoms. The Morgan fingerprint density at radius 1 is 1.59 bits per heavy atom. The van der Waals surface area contributed by atoms with E-state index in [2.05, 4.69) is 15.6 Å². The van der Waals surface area contributed by atoms with Gasteiger partial charge in [-0.05, 0) is 18.1 Å². The van der Waals surface area contributed by atoms with Crippen LogP contribution in [0, 0.1) is 17.2 Å². The van der Waals surface area contributed by atoms with E-state index in [9.17, 15) is 4.79 Å². The number of amides is 1. The number of carbonyl (C=O) groups excluding carboxylic acids is 1. The van der Waals surface area contributed by atoms with Crippen LogP contribution in [0.25, 0.3) is 0 Å². The summed E-state index contributed by atoms with van der Waals surface area (Å²) >= 11 is 0. The van der Waals surface area contributed by atoms with E-state index in [1.165, 1.54) is 6.20 Å². The van der Waals surface area contributed by atoms with Crippen molar-refractivity contribution in [3.63, 3.8) is 0 Å². The molecule has 0 saturated carbocycles. The number of carbonyl (C=O) groups is 1. The van der Waals surface area contributed by atoms with Crippen molar-refractivity contribution in [2.75, 3.05) is 18.4 Å². The molecule has 0 aliphatic rings. The Hall–Kier alpha value is -2.09. The number of hydrogen-bond donors (Lipinski definition) is 2. The molecule has 0 fully saturated rings. The van der Waals surface area contributed by atoms with E-state index in [1.807, 2.05) is 19.9 Å². The Morgan fingerprint density at radius 3 is 3.00 bits per heavy atom. The van der Waals surface area contributed by atoms with Crippen molar-refractivity contribution < 1.29 is 4.79 Å². The van der Waals surface area contributed by atoms with Gasteiger partial charge in [-0.15, -0.1) is 0 Å². The van der Waals surface area contributed by atoms with Crippen LogP contribution < -0.4 is 10.6 Å². The molecule has 1 rings (SSSR count). The van der Waals surface area contributed by atoms with Crippen LogP contribution in [0.4, 0.5) is 5.82 Å². The van der Waals surface area contributed by atoms with Gasteiger partial charge in [0.15, 0.2) is 0 Å². The summed E-state index contributed by atoms with van der Waals surface area (Å²) in [5.74, 6) is 0.880. The third kappa shape index (κ3) is 4.98. The summed E-state index contributed by atoms with van der Waals surface area (Å²) in [5, 5.41) is 14.4. The van der Waals surface area contributed by atoms with E-state index in [0.717, 1.165) is 0 Å². The highest BCUT2D eigenvalue weighted by Gasteiger charge is 2.02. The van der Waals surface area contributed by atoms with Crippen molar-refractivity contribution >= 4 is 11.7 Å². The molecule has 5 heteroatoms. The SMILES string of the molecule is CC(C)CNC(=O)CNc1cc(C#N)ccn1. The maximum atomic E-state index is 11.4. The fourth-order valence-electron chi connectivity index (χ4n) is 1.15. The van der Waals surface area contributed by atoms with Crippen molar-refractivity contribution in [2.45, 2.75) is 13.8 Å². The Bertz CT molecular complexity index is 423. The highest BCUT2D eigenvalue weighted by molar-refractivity contribution is 5.80. The van der Waals surface area contributed by atoms with Crippen LogP contribution in [0.5, 0.6) is 0 Å². The Kier molecular flexibility index (Phi) is 4.95. The maximum absolute atomic E-state index is 11.4. The average Bonchev–Trinajstić information content (AvgIpc) is 2.34. The number of nitrogens with one attached hydrogen (secondary N) is 2. The molecule has 17 heavy (non-hydrogen) atoms. The van der Waals surface area contributed by atoms with E-state index >= 15 is 0 Å². The van der Waals surface area contributed by atoms with Gasteiger partial charge in [0, 0.05) is 12.7 Å². The number of anilines is 1. The van der Waals surface area contributed by atoms with Gasteiger partial charge in [-0.2, -0.15) is 5.26 Å². The number of nitriles is 1. The topological polar surface area (TPSA) is 77.8 Å². The highest BCUT2D eigenvalue weighted by atomic mass is 16.1. The zero-order valence-corrected chi connectivity index (χ0v) is 10.0. The van der Waals surface area contributed by atoms with Gasteiger partial charge in [-0.1, -0.05) is 13.8 Å². The summed E-state index contributed by atoms with van der Waals surface area (Å²) in [7, 11) is 0. The first kappa shape index (κ1) is 13.0. The van der Waals surface area contributed by atoms with Crippen LogP contribution in [0.1, 0.15) is 19.4 Å². The summed E-state index contributed by atoms with van der Waals surface area (Å²) in [4.78, 5) is 15.4. The monoisotopic (exact) mass is 232 g/mol. The van der Waals surface area contributed by atoms with Gasteiger partial charge >= 0.3 is 0 Å². The normalized spacial score (nSPS) is 9.76. The van der Waals surface area contributed by atoms with E-state index in [4.69, 9.17) is 5.26 Å². The van der Waals surface area contributed by atoms with E-state index in [0.29, 0.717) is 23.8 Å². The first-order chi connectivity index (χ1) is 8.11. The fourth-order valence-corrected chi connectivity index (χ4v) is 1.15. The lowest BCUT2D eigenvalue weighted by Gasteiger charge is -2.08. The third-order valence-electron chi connectivity index (χ3n) is 2.03.